The predicted octanol–water partition coefficient (Wildman–Crippen LogP) is 1.62. The molecule has 0 unspecified atom stereocenters. The highest BCUT2D eigenvalue weighted by Crippen LogP contribution is 2.18. The molecule has 0 bridgehead atoms. The second kappa shape index (κ2) is 4.29. The number of hydrogen-bond donors (Lipinski definition) is 1. The van der Waals surface area contributed by atoms with Gasteiger partial charge in [0.1, 0.15) is 6.33 Å². The van der Waals surface area contributed by atoms with E-state index >= 15 is 0 Å². The summed E-state index contributed by atoms with van der Waals surface area (Å²) in [6, 6.07) is 13.0. The van der Waals surface area contributed by atoms with Crippen molar-refractivity contribution in [2.45, 2.75) is 0 Å². The average molecular weight is 238 g/mol. The van der Waals surface area contributed by atoms with Crippen LogP contribution in [0.2, 0.25) is 0 Å². The zero-order valence-electron chi connectivity index (χ0n) is 9.45. The van der Waals surface area contributed by atoms with Crippen LogP contribution in [-0.2, 0) is 0 Å². The van der Waals surface area contributed by atoms with Crippen LogP contribution in [-0.4, -0.2) is 19.7 Å². The van der Waals surface area contributed by atoms with Gasteiger partial charge in [0.05, 0.1) is 0 Å². The van der Waals surface area contributed by atoms with Crippen molar-refractivity contribution in [2.24, 2.45) is 0 Å². The third-order valence-electron chi connectivity index (χ3n) is 2.62. The zero-order valence-corrected chi connectivity index (χ0v) is 9.45. The molecule has 5 heteroatoms. The molecule has 0 atom stereocenters. The van der Waals surface area contributed by atoms with Crippen LogP contribution in [0.1, 0.15) is 0 Å². The van der Waals surface area contributed by atoms with Gasteiger partial charge >= 0.3 is 0 Å². The number of H-pyrrole nitrogens is 1. The quantitative estimate of drug-likeness (QED) is 0.738. The Hall–Kier alpha value is -2.69. The minimum atomic E-state index is -0.135. The van der Waals surface area contributed by atoms with Crippen molar-refractivity contribution in [1.29, 1.82) is 0 Å². The Balaban J connectivity index is 2.12. The van der Waals surface area contributed by atoms with E-state index in [1.54, 1.807) is 18.6 Å². The number of hydrogen-bond acceptors (Lipinski definition) is 3. The normalized spacial score (nSPS) is 10.4. The lowest BCUT2D eigenvalue weighted by Crippen LogP contribution is -2.03. The van der Waals surface area contributed by atoms with E-state index < -0.39 is 0 Å². The van der Waals surface area contributed by atoms with E-state index in [-0.39, 0.29) is 5.56 Å². The second-order valence-electron chi connectivity index (χ2n) is 3.80. The Kier molecular flexibility index (Phi) is 2.49. The van der Waals surface area contributed by atoms with Crippen molar-refractivity contribution in [3.63, 3.8) is 0 Å². The van der Waals surface area contributed by atoms with Crippen LogP contribution in [0.3, 0.4) is 0 Å². The molecule has 0 saturated carbocycles. The Morgan fingerprint density at radius 1 is 1.06 bits per heavy atom. The standard InChI is InChI=1S/C13H10N4O/c18-12-7-6-10(8-14-12)13-16-15-9-17(13)11-4-2-1-3-5-11/h1-9H,(H,14,18). The largest absolute Gasteiger partial charge is 0.328 e. The third kappa shape index (κ3) is 1.82. The average Bonchev–Trinajstić information content (AvgIpc) is 2.90. The fourth-order valence-corrected chi connectivity index (χ4v) is 1.76. The van der Waals surface area contributed by atoms with Gasteiger partial charge in [0, 0.05) is 23.5 Å². The number of aromatic nitrogens is 4. The van der Waals surface area contributed by atoms with Gasteiger partial charge in [-0.25, -0.2) is 0 Å². The summed E-state index contributed by atoms with van der Waals surface area (Å²) in [5.41, 5.74) is 1.66. The van der Waals surface area contributed by atoms with Crippen molar-refractivity contribution < 1.29 is 0 Å². The summed E-state index contributed by atoms with van der Waals surface area (Å²) in [6.07, 6.45) is 3.28. The van der Waals surface area contributed by atoms with Gasteiger partial charge in [-0.05, 0) is 18.2 Å². The molecule has 0 saturated heterocycles. The summed E-state index contributed by atoms with van der Waals surface area (Å²) >= 11 is 0. The van der Waals surface area contributed by atoms with Crippen LogP contribution in [0.5, 0.6) is 0 Å². The Bertz CT molecular complexity index is 695. The summed E-state index contributed by atoms with van der Waals surface area (Å²) in [4.78, 5) is 13.7. The highest BCUT2D eigenvalue weighted by atomic mass is 16.1. The molecule has 3 rings (SSSR count). The maximum atomic E-state index is 11.0. The number of benzene rings is 1. The lowest BCUT2D eigenvalue weighted by Gasteiger charge is -2.05. The van der Waals surface area contributed by atoms with E-state index in [1.165, 1.54) is 6.07 Å². The van der Waals surface area contributed by atoms with Crippen LogP contribution in [0, 0.1) is 0 Å². The fraction of sp³-hybridized carbons (Fsp3) is 0. The molecule has 0 fully saturated rings. The molecule has 1 N–H and O–H groups in total. The summed E-state index contributed by atoms with van der Waals surface area (Å²) in [7, 11) is 0. The number of aromatic amines is 1. The van der Waals surface area contributed by atoms with Gasteiger partial charge in [0.25, 0.3) is 0 Å². The third-order valence-corrected chi connectivity index (χ3v) is 2.62. The first-order valence-electron chi connectivity index (χ1n) is 5.49. The highest BCUT2D eigenvalue weighted by Gasteiger charge is 2.08. The van der Waals surface area contributed by atoms with E-state index in [4.69, 9.17) is 0 Å². The minimum absolute atomic E-state index is 0.135. The maximum Gasteiger partial charge on any atom is 0.247 e. The van der Waals surface area contributed by atoms with E-state index in [2.05, 4.69) is 15.2 Å². The molecule has 2 heterocycles. The van der Waals surface area contributed by atoms with E-state index in [9.17, 15) is 4.79 Å². The van der Waals surface area contributed by atoms with Gasteiger partial charge in [-0.1, -0.05) is 18.2 Å². The first-order chi connectivity index (χ1) is 8.84. The van der Waals surface area contributed by atoms with Crippen molar-refractivity contribution in [3.8, 4) is 17.1 Å². The van der Waals surface area contributed by atoms with E-state index in [0.29, 0.717) is 5.82 Å². The molecule has 0 radical (unpaired) electrons. The number of rotatable bonds is 2. The summed E-state index contributed by atoms with van der Waals surface area (Å²) in [6.45, 7) is 0. The zero-order chi connectivity index (χ0) is 12.4. The number of nitrogens with zero attached hydrogens (tertiary/aromatic N) is 3. The molecular formula is C13H10N4O. The van der Waals surface area contributed by atoms with Crippen LogP contribution < -0.4 is 5.56 Å². The van der Waals surface area contributed by atoms with Gasteiger partial charge in [-0.15, -0.1) is 10.2 Å². The van der Waals surface area contributed by atoms with Crippen LogP contribution in [0.25, 0.3) is 17.1 Å². The lowest BCUT2D eigenvalue weighted by atomic mass is 10.2. The van der Waals surface area contributed by atoms with E-state index in [1.807, 2.05) is 34.9 Å². The second-order valence-corrected chi connectivity index (χ2v) is 3.80. The summed E-state index contributed by atoms with van der Waals surface area (Å²) in [5, 5.41) is 8.00. The smallest absolute Gasteiger partial charge is 0.247 e. The highest BCUT2D eigenvalue weighted by molar-refractivity contribution is 5.56. The molecule has 0 aliphatic carbocycles. The summed E-state index contributed by atoms with van der Waals surface area (Å²) in [5.74, 6) is 0.692. The monoisotopic (exact) mass is 238 g/mol. The molecule has 0 aliphatic rings. The molecule has 18 heavy (non-hydrogen) atoms. The van der Waals surface area contributed by atoms with Gasteiger partial charge in [0.15, 0.2) is 5.82 Å². The maximum absolute atomic E-state index is 11.0. The van der Waals surface area contributed by atoms with E-state index in [0.717, 1.165) is 11.3 Å². The molecule has 0 amide bonds. The molecule has 0 spiro atoms. The number of para-hydroxylation sites is 1. The van der Waals surface area contributed by atoms with Gasteiger partial charge in [0.2, 0.25) is 5.56 Å². The van der Waals surface area contributed by atoms with Gasteiger partial charge in [-0.3, -0.25) is 9.36 Å². The molecule has 0 aliphatic heterocycles. The first kappa shape index (κ1) is 10.5. The van der Waals surface area contributed by atoms with Crippen LogP contribution in [0.4, 0.5) is 0 Å². The number of pyridine rings is 1. The Labute approximate surface area is 103 Å². The molecule has 2 aromatic heterocycles. The van der Waals surface area contributed by atoms with Crippen molar-refractivity contribution in [2.75, 3.05) is 0 Å². The number of nitrogens with one attached hydrogen (secondary N) is 1. The lowest BCUT2D eigenvalue weighted by molar-refractivity contribution is 1.06. The van der Waals surface area contributed by atoms with Gasteiger partial charge in [-0.2, -0.15) is 0 Å². The fourth-order valence-electron chi connectivity index (χ4n) is 1.76. The molecule has 88 valence electrons. The molecule has 5 nitrogen and oxygen atoms in total. The van der Waals surface area contributed by atoms with Gasteiger partial charge < -0.3 is 4.98 Å². The predicted molar refractivity (Wildman–Crippen MR) is 67.4 cm³/mol. The molecular weight excluding hydrogens is 228 g/mol. The topological polar surface area (TPSA) is 63.6 Å². The van der Waals surface area contributed by atoms with Crippen LogP contribution in [0.15, 0.2) is 59.8 Å². The van der Waals surface area contributed by atoms with Crippen molar-refractivity contribution in [1.82, 2.24) is 19.7 Å². The first-order valence-corrected chi connectivity index (χ1v) is 5.49. The Morgan fingerprint density at radius 2 is 1.89 bits per heavy atom. The summed E-state index contributed by atoms with van der Waals surface area (Å²) < 4.78 is 1.87. The molecule has 3 aromatic rings. The molecule has 1 aromatic carbocycles. The van der Waals surface area contributed by atoms with Crippen LogP contribution >= 0.6 is 0 Å². The minimum Gasteiger partial charge on any atom is -0.328 e. The SMILES string of the molecule is O=c1ccc(-c2nncn2-c2ccccc2)c[nH]1. The van der Waals surface area contributed by atoms with Crippen molar-refractivity contribution >= 4 is 0 Å². The Morgan fingerprint density at radius 3 is 2.61 bits per heavy atom. The van der Waals surface area contributed by atoms with Crippen molar-refractivity contribution in [3.05, 3.63) is 65.3 Å².